The van der Waals surface area contributed by atoms with Crippen LogP contribution in [0.4, 0.5) is 11.6 Å². The lowest BCUT2D eigenvalue weighted by atomic mass is 10.2. The predicted octanol–water partition coefficient (Wildman–Crippen LogP) is 7.43. The molecular weight excluding hydrogens is 741 g/mol. The molecule has 4 aromatic heterocycles. The van der Waals surface area contributed by atoms with E-state index in [1.165, 1.54) is 28.7 Å². The third-order valence-electron chi connectivity index (χ3n) is 8.44. The van der Waals surface area contributed by atoms with Gasteiger partial charge in [-0.2, -0.15) is 10.0 Å². The SMILES string of the molecule is CC.COc1cccc2nc(-c3cccs3)nc(NN3C(=O)C(C)=C(C)C3=O)c12.COc1cccc2nc(-c3cccs3)nc(NN3C(=O)C=C(C)C3=O)c12. The van der Waals surface area contributed by atoms with Crippen molar-refractivity contribution < 1.29 is 28.7 Å². The normalized spacial score (nSPS) is 13.8. The number of rotatable bonds is 8. The number of amides is 4. The third kappa shape index (κ3) is 7.36. The molecule has 0 spiro atoms. The maximum Gasteiger partial charge on any atom is 0.275 e. The molecule has 2 aliphatic heterocycles. The molecule has 0 radical (unpaired) electrons. The minimum atomic E-state index is -0.438. The highest BCUT2D eigenvalue weighted by atomic mass is 32.1. The summed E-state index contributed by atoms with van der Waals surface area (Å²) < 4.78 is 10.9. The summed E-state index contributed by atoms with van der Waals surface area (Å²) in [6, 6.07) is 18.5. The molecule has 280 valence electrons. The van der Waals surface area contributed by atoms with Gasteiger partial charge in [-0.3, -0.25) is 30.0 Å². The van der Waals surface area contributed by atoms with E-state index in [9.17, 15) is 19.2 Å². The third-order valence-corrected chi connectivity index (χ3v) is 10.2. The standard InChI is InChI=1S/C19H16N4O3S.C18H14N4O3S.C2H6/c1-10-11(2)19(25)23(18(10)24)22-17-15-12(6-4-7-13(15)26-3)20-16(21-17)14-8-5-9-27-14;1-10-9-14(23)22(18(10)24)21-17-15-11(5-3-6-12(15)25-2)19-16(20-17)13-7-4-8-26-13;1-2/h4-9H,1-3H3,(H,20,21,22);3-9H,1-2H3,(H,19,20,21);1-2H3. The van der Waals surface area contributed by atoms with Crippen LogP contribution in [0.25, 0.3) is 43.2 Å². The van der Waals surface area contributed by atoms with Gasteiger partial charge >= 0.3 is 0 Å². The number of carbonyl (C=O) groups excluding carboxylic acids is 4. The Bertz CT molecular complexity index is 2490. The number of anilines is 2. The van der Waals surface area contributed by atoms with Gasteiger partial charge in [0.25, 0.3) is 23.6 Å². The second kappa shape index (κ2) is 16.2. The van der Waals surface area contributed by atoms with Crippen molar-refractivity contribution in [2.24, 2.45) is 0 Å². The van der Waals surface area contributed by atoms with E-state index in [1.54, 1.807) is 47.1 Å². The monoisotopic (exact) mass is 776 g/mol. The van der Waals surface area contributed by atoms with Crippen molar-refractivity contribution in [3.63, 3.8) is 0 Å². The Morgan fingerprint density at radius 3 is 1.42 bits per heavy atom. The quantitative estimate of drug-likeness (QED) is 0.147. The molecule has 0 saturated carbocycles. The van der Waals surface area contributed by atoms with E-state index in [-0.39, 0.29) is 0 Å². The summed E-state index contributed by atoms with van der Waals surface area (Å²) >= 11 is 3.01. The molecule has 2 aliphatic rings. The van der Waals surface area contributed by atoms with Gasteiger partial charge in [-0.15, -0.1) is 22.7 Å². The Labute approximate surface area is 324 Å². The van der Waals surface area contributed by atoms with Crippen LogP contribution in [0.15, 0.2) is 94.2 Å². The van der Waals surface area contributed by atoms with Crippen molar-refractivity contribution in [1.29, 1.82) is 0 Å². The Balaban J connectivity index is 0.000000179. The second-order valence-electron chi connectivity index (χ2n) is 11.7. The fourth-order valence-corrected chi connectivity index (χ4v) is 6.91. The van der Waals surface area contributed by atoms with Crippen molar-refractivity contribution in [2.75, 3.05) is 25.1 Å². The van der Waals surface area contributed by atoms with E-state index in [0.717, 1.165) is 19.8 Å². The average Bonchev–Trinajstić information content (AvgIpc) is 4.02. The van der Waals surface area contributed by atoms with Crippen LogP contribution in [0, 0.1) is 0 Å². The summed E-state index contributed by atoms with van der Waals surface area (Å²) in [6.07, 6.45) is 1.29. The molecule has 14 nitrogen and oxygen atoms in total. The number of carbonyl (C=O) groups is 4. The van der Waals surface area contributed by atoms with E-state index < -0.39 is 23.6 Å². The molecule has 6 heterocycles. The van der Waals surface area contributed by atoms with Crippen molar-refractivity contribution >= 4 is 79.7 Å². The number of thiophene rings is 2. The molecule has 0 bridgehead atoms. The first-order chi connectivity index (χ1) is 26.6. The predicted molar refractivity (Wildman–Crippen MR) is 213 cm³/mol. The molecule has 8 rings (SSSR count). The van der Waals surface area contributed by atoms with Crippen LogP contribution >= 0.6 is 22.7 Å². The summed E-state index contributed by atoms with van der Waals surface area (Å²) in [6.45, 7) is 8.86. The zero-order chi connectivity index (χ0) is 39.4. The van der Waals surface area contributed by atoms with E-state index in [1.807, 2.05) is 73.1 Å². The van der Waals surface area contributed by atoms with Crippen LogP contribution in [-0.2, 0) is 19.2 Å². The van der Waals surface area contributed by atoms with Crippen LogP contribution in [0.2, 0.25) is 0 Å². The molecule has 55 heavy (non-hydrogen) atoms. The van der Waals surface area contributed by atoms with Crippen LogP contribution in [-0.4, -0.2) is 67.8 Å². The number of hydrogen-bond donors (Lipinski definition) is 2. The van der Waals surface area contributed by atoms with Crippen molar-refractivity contribution in [3.8, 4) is 32.9 Å². The van der Waals surface area contributed by atoms with E-state index >= 15 is 0 Å². The van der Waals surface area contributed by atoms with Crippen LogP contribution in [0.1, 0.15) is 34.6 Å². The molecule has 4 amide bonds. The Hall–Kier alpha value is -6.52. The van der Waals surface area contributed by atoms with Crippen molar-refractivity contribution in [3.05, 3.63) is 94.2 Å². The number of imide groups is 2. The highest BCUT2D eigenvalue weighted by Gasteiger charge is 2.35. The Morgan fingerprint density at radius 1 is 0.582 bits per heavy atom. The number of aromatic nitrogens is 4. The highest BCUT2D eigenvalue weighted by Crippen LogP contribution is 2.36. The van der Waals surface area contributed by atoms with Gasteiger partial charge in [-0.05, 0) is 67.9 Å². The molecule has 16 heteroatoms. The average molecular weight is 777 g/mol. The summed E-state index contributed by atoms with van der Waals surface area (Å²) in [7, 11) is 3.09. The number of hydrogen-bond acceptors (Lipinski definition) is 14. The van der Waals surface area contributed by atoms with Gasteiger partial charge in [0.1, 0.15) is 11.5 Å². The number of nitrogens with one attached hydrogen (secondary N) is 2. The van der Waals surface area contributed by atoms with Crippen molar-refractivity contribution in [2.45, 2.75) is 34.6 Å². The van der Waals surface area contributed by atoms with E-state index in [4.69, 9.17) is 9.47 Å². The summed E-state index contributed by atoms with van der Waals surface area (Å²) in [5.74, 6) is 1.15. The number of hydrazine groups is 2. The van der Waals surface area contributed by atoms with Gasteiger partial charge in [-0.25, -0.2) is 19.9 Å². The lowest BCUT2D eigenvalue weighted by Gasteiger charge is -2.19. The minimum Gasteiger partial charge on any atom is -0.496 e. The first-order valence-corrected chi connectivity index (χ1v) is 18.8. The summed E-state index contributed by atoms with van der Waals surface area (Å²) in [5.41, 5.74) is 8.22. The van der Waals surface area contributed by atoms with E-state index in [0.29, 0.717) is 73.3 Å². The lowest BCUT2D eigenvalue weighted by molar-refractivity contribution is -0.137. The van der Waals surface area contributed by atoms with Gasteiger partial charge in [0.05, 0.1) is 45.8 Å². The maximum atomic E-state index is 12.4. The minimum absolute atomic E-state index is 0.334. The number of nitrogens with zero attached hydrogens (tertiary/aromatic N) is 6. The zero-order valence-corrected chi connectivity index (χ0v) is 32.6. The second-order valence-corrected chi connectivity index (χ2v) is 13.6. The molecule has 0 atom stereocenters. The van der Waals surface area contributed by atoms with Gasteiger partial charge in [0.15, 0.2) is 23.3 Å². The fourth-order valence-electron chi connectivity index (χ4n) is 5.59. The van der Waals surface area contributed by atoms with Crippen LogP contribution < -0.4 is 20.3 Å². The van der Waals surface area contributed by atoms with E-state index in [2.05, 4.69) is 30.8 Å². The lowest BCUT2D eigenvalue weighted by Crippen LogP contribution is -2.37. The van der Waals surface area contributed by atoms with Crippen LogP contribution in [0.5, 0.6) is 11.5 Å². The number of ether oxygens (including phenoxy) is 2. The van der Waals surface area contributed by atoms with Gasteiger partial charge in [0.2, 0.25) is 0 Å². The largest absolute Gasteiger partial charge is 0.496 e. The molecule has 6 aromatic rings. The first-order valence-electron chi connectivity index (χ1n) is 17.0. The first kappa shape index (κ1) is 38.2. The smallest absolute Gasteiger partial charge is 0.275 e. The fraction of sp³-hybridized carbons (Fsp3) is 0.179. The number of fused-ring (bicyclic) bond motifs is 2. The van der Waals surface area contributed by atoms with Crippen molar-refractivity contribution in [1.82, 2.24) is 30.0 Å². The van der Waals surface area contributed by atoms with Gasteiger partial charge in [0, 0.05) is 22.8 Å². The molecule has 2 N–H and O–H groups in total. The Kier molecular flexibility index (Phi) is 11.3. The Morgan fingerprint density at radius 2 is 1.04 bits per heavy atom. The maximum absolute atomic E-state index is 12.4. The number of benzene rings is 2. The number of methoxy groups -OCH3 is 2. The molecule has 0 aliphatic carbocycles. The molecular formula is C39H36N8O6S2. The zero-order valence-electron chi connectivity index (χ0n) is 31.0. The summed E-state index contributed by atoms with van der Waals surface area (Å²) in [4.78, 5) is 69.3. The molecule has 0 fully saturated rings. The summed E-state index contributed by atoms with van der Waals surface area (Å²) in [5, 5.41) is 7.00. The topological polar surface area (TPSA) is 169 Å². The highest BCUT2D eigenvalue weighted by molar-refractivity contribution is 7.13. The van der Waals surface area contributed by atoms with Crippen LogP contribution in [0.3, 0.4) is 0 Å². The molecule has 0 unspecified atom stereocenters. The van der Waals surface area contributed by atoms with Gasteiger partial charge in [-0.1, -0.05) is 38.1 Å². The molecule has 0 saturated heterocycles. The molecule has 2 aromatic carbocycles. The van der Waals surface area contributed by atoms with Gasteiger partial charge < -0.3 is 9.47 Å².